The van der Waals surface area contributed by atoms with Gasteiger partial charge in [-0.25, -0.2) is 4.79 Å². The molecule has 1 heterocycles. The summed E-state index contributed by atoms with van der Waals surface area (Å²) in [4.78, 5) is 49.6. The third-order valence-electron chi connectivity index (χ3n) is 5.03. The lowest BCUT2D eigenvalue weighted by molar-refractivity contribution is -0.140. The summed E-state index contributed by atoms with van der Waals surface area (Å²) < 4.78 is 5.40. The van der Waals surface area contributed by atoms with Gasteiger partial charge in [0.15, 0.2) is 0 Å². The standard InChI is InChI=1S/C22H23N3O6/c23-20(28)17(11-19(26)27)24-21(29)18-10-15-8-4-5-9-16(15)12-25(18)22(30)31-13-14-6-2-1-3-7-14/h1-9,17-18H,10-13H2,(H2,23,28)(H,24,29)(H,26,27)/t17-,18+/m1/s1. The van der Waals surface area contributed by atoms with Crippen molar-refractivity contribution in [2.45, 2.75) is 38.1 Å². The molecule has 1 aliphatic heterocycles. The van der Waals surface area contributed by atoms with Gasteiger partial charge in [0, 0.05) is 6.42 Å². The number of hydrogen-bond donors (Lipinski definition) is 3. The Hall–Kier alpha value is -3.88. The van der Waals surface area contributed by atoms with Crippen molar-refractivity contribution >= 4 is 23.9 Å². The van der Waals surface area contributed by atoms with Crippen molar-refractivity contribution in [3.8, 4) is 0 Å². The lowest BCUT2D eigenvalue weighted by atomic mass is 9.93. The molecule has 0 fully saturated rings. The largest absolute Gasteiger partial charge is 0.481 e. The normalized spacial score (nSPS) is 16.0. The van der Waals surface area contributed by atoms with E-state index < -0.39 is 42.4 Å². The van der Waals surface area contributed by atoms with Gasteiger partial charge in [0.2, 0.25) is 11.8 Å². The second kappa shape index (κ2) is 9.75. The van der Waals surface area contributed by atoms with E-state index in [0.29, 0.717) is 0 Å². The molecule has 0 bridgehead atoms. The summed E-state index contributed by atoms with van der Waals surface area (Å²) in [5.74, 6) is -2.92. The third kappa shape index (κ3) is 5.59. The smallest absolute Gasteiger partial charge is 0.411 e. The first-order chi connectivity index (χ1) is 14.8. The summed E-state index contributed by atoms with van der Waals surface area (Å²) in [7, 11) is 0. The lowest BCUT2D eigenvalue weighted by Gasteiger charge is -2.35. The molecule has 9 heteroatoms. The highest BCUT2D eigenvalue weighted by atomic mass is 16.6. The number of nitrogens with zero attached hydrogens (tertiary/aromatic N) is 1. The van der Waals surface area contributed by atoms with Gasteiger partial charge in [-0.1, -0.05) is 54.6 Å². The van der Waals surface area contributed by atoms with Gasteiger partial charge in [-0.15, -0.1) is 0 Å². The van der Waals surface area contributed by atoms with Crippen LogP contribution in [0.5, 0.6) is 0 Å². The van der Waals surface area contributed by atoms with Crippen LogP contribution in [0.3, 0.4) is 0 Å². The fraction of sp³-hybridized carbons (Fsp3) is 0.273. The van der Waals surface area contributed by atoms with Gasteiger partial charge in [0.05, 0.1) is 13.0 Å². The van der Waals surface area contributed by atoms with Gasteiger partial charge in [-0.2, -0.15) is 0 Å². The number of benzene rings is 2. The summed E-state index contributed by atoms with van der Waals surface area (Å²) in [5, 5.41) is 11.3. The maximum absolute atomic E-state index is 12.9. The number of nitrogens with two attached hydrogens (primary N) is 1. The number of hydrogen-bond acceptors (Lipinski definition) is 5. The van der Waals surface area contributed by atoms with Crippen molar-refractivity contribution in [2.24, 2.45) is 5.73 Å². The molecule has 2 aromatic carbocycles. The number of carboxylic acids is 1. The molecule has 31 heavy (non-hydrogen) atoms. The predicted octanol–water partition coefficient (Wildman–Crippen LogP) is 1.19. The molecule has 0 aliphatic carbocycles. The van der Waals surface area contributed by atoms with Crippen LogP contribution in [0.25, 0.3) is 0 Å². The Morgan fingerprint density at radius 1 is 1.06 bits per heavy atom. The SMILES string of the molecule is NC(=O)[C@@H](CC(=O)O)NC(=O)[C@@H]1Cc2ccccc2CN1C(=O)OCc1ccccc1. The summed E-state index contributed by atoms with van der Waals surface area (Å²) in [6.07, 6.45) is -1.14. The molecule has 0 radical (unpaired) electrons. The number of ether oxygens (including phenoxy) is 1. The van der Waals surface area contributed by atoms with Crippen molar-refractivity contribution in [3.63, 3.8) is 0 Å². The van der Waals surface area contributed by atoms with Crippen LogP contribution in [-0.2, 0) is 38.7 Å². The molecule has 0 unspecified atom stereocenters. The third-order valence-corrected chi connectivity index (χ3v) is 5.03. The van der Waals surface area contributed by atoms with Crippen LogP contribution in [-0.4, -0.2) is 46.0 Å². The average molecular weight is 425 g/mol. The van der Waals surface area contributed by atoms with E-state index in [1.54, 1.807) is 0 Å². The second-order valence-corrected chi connectivity index (χ2v) is 7.22. The Morgan fingerprint density at radius 3 is 2.35 bits per heavy atom. The maximum atomic E-state index is 12.9. The quantitative estimate of drug-likeness (QED) is 0.609. The van der Waals surface area contributed by atoms with E-state index in [2.05, 4.69) is 5.32 Å². The lowest BCUT2D eigenvalue weighted by Crippen LogP contribution is -2.56. The molecule has 1 aliphatic rings. The summed E-state index contributed by atoms with van der Waals surface area (Å²) in [6, 6.07) is 14.1. The van der Waals surface area contributed by atoms with E-state index in [1.165, 1.54) is 4.90 Å². The van der Waals surface area contributed by atoms with Gasteiger partial charge in [-0.05, 0) is 16.7 Å². The molecule has 0 saturated carbocycles. The Bertz CT molecular complexity index is 978. The van der Waals surface area contributed by atoms with Crippen molar-refractivity contribution in [1.29, 1.82) is 0 Å². The molecule has 2 aromatic rings. The average Bonchev–Trinajstić information content (AvgIpc) is 2.76. The molecule has 162 valence electrons. The summed E-state index contributed by atoms with van der Waals surface area (Å²) in [6.45, 7) is 0.178. The van der Waals surface area contributed by atoms with Crippen LogP contribution in [0, 0.1) is 0 Å². The molecular formula is C22H23N3O6. The first kappa shape index (κ1) is 21.8. The summed E-state index contributed by atoms with van der Waals surface area (Å²) >= 11 is 0. The van der Waals surface area contributed by atoms with Gasteiger partial charge < -0.3 is 20.9 Å². The Balaban J connectivity index is 1.78. The first-order valence-electron chi connectivity index (χ1n) is 9.70. The first-order valence-corrected chi connectivity index (χ1v) is 9.70. The minimum atomic E-state index is -1.38. The van der Waals surface area contributed by atoms with E-state index in [-0.39, 0.29) is 19.6 Å². The van der Waals surface area contributed by atoms with Crippen molar-refractivity contribution in [3.05, 3.63) is 71.3 Å². The number of primary amides is 1. The Kier molecular flexibility index (Phi) is 6.86. The fourth-order valence-corrected chi connectivity index (χ4v) is 3.42. The van der Waals surface area contributed by atoms with Crippen molar-refractivity contribution in [2.75, 3.05) is 0 Å². The topological polar surface area (TPSA) is 139 Å². The summed E-state index contributed by atoms with van der Waals surface area (Å²) in [5.41, 5.74) is 7.77. The van der Waals surface area contributed by atoms with Crippen molar-refractivity contribution < 1.29 is 29.0 Å². The van der Waals surface area contributed by atoms with Crippen LogP contribution in [0.15, 0.2) is 54.6 Å². The van der Waals surface area contributed by atoms with Gasteiger partial charge in [0.1, 0.15) is 18.7 Å². The fourth-order valence-electron chi connectivity index (χ4n) is 3.42. The number of nitrogens with one attached hydrogen (secondary N) is 1. The van der Waals surface area contributed by atoms with Crippen LogP contribution in [0.4, 0.5) is 4.79 Å². The molecular weight excluding hydrogens is 402 g/mol. The Morgan fingerprint density at radius 2 is 1.71 bits per heavy atom. The van der Waals surface area contributed by atoms with E-state index in [9.17, 15) is 19.2 Å². The van der Waals surface area contributed by atoms with Gasteiger partial charge in [0.25, 0.3) is 0 Å². The molecule has 3 amide bonds. The maximum Gasteiger partial charge on any atom is 0.411 e. The second-order valence-electron chi connectivity index (χ2n) is 7.22. The number of rotatable bonds is 7. The number of carboxylic acid groups (broad SMARTS) is 1. The molecule has 4 N–H and O–H groups in total. The molecule has 0 spiro atoms. The highest BCUT2D eigenvalue weighted by Gasteiger charge is 2.37. The number of fused-ring (bicyclic) bond motifs is 1. The minimum absolute atomic E-state index is 0.0368. The predicted molar refractivity (Wildman–Crippen MR) is 109 cm³/mol. The Labute approximate surface area is 178 Å². The highest BCUT2D eigenvalue weighted by Crippen LogP contribution is 2.24. The number of carbonyl (C=O) groups is 4. The molecule has 9 nitrogen and oxygen atoms in total. The number of carbonyl (C=O) groups excluding carboxylic acids is 3. The van der Waals surface area contributed by atoms with E-state index in [0.717, 1.165) is 16.7 Å². The van der Waals surface area contributed by atoms with Gasteiger partial charge in [-0.3, -0.25) is 19.3 Å². The van der Waals surface area contributed by atoms with E-state index in [4.69, 9.17) is 15.6 Å². The zero-order valence-corrected chi connectivity index (χ0v) is 16.7. The van der Waals surface area contributed by atoms with Crippen molar-refractivity contribution in [1.82, 2.24) is 10.2 Å². The monoisotopic (exact) mass is 425 g/mol. The van der Waals surface area contributed by atoms with Gasteiger partial charge >= 0.3 is 12.1 Å². The van der Waals surface area contributed by atoms with Crippen LogP contribution < -0.4 is 11.1 Å². The molecule has 2 atom stereocenters. The highest BCUT2D eigenvalue weighted by molar-refractivity contribution is 5.93. The van der Waals surface area contributed by atoms with Crippen LogP contribution in [0.1, 0.15) is 23.1 Å². The molecule has 0 aromatic heterocycles. The zero-order chi connectivity index (χ0) is 22.4. The number of amides is 3. The zero-order valence-electron chi connectivity index (χ0n) is 16.7. The minimum Gasteiger partial charge on any atom is -0.481 e. The van der Waals surface area contributed by atoms with E-state index >= 15 is 0 Å². The van der Waals surface area contributed by atoms with Crippen LogP contribution >= 0.6 is 0 Å². The molecule has 3 rings (SSSR count). The molecule has 0 saturated heterocycles. The van der Waals surface area contributed by atoms with Crippen LogP contribution in [0.2, 0.25) is 0 Å². The van der Waals surface area contributed by atoms with E-state index in [1.807, 2.05) is 54.6 Å². The number of aliphatic carboxylic acids is 1.